The molecule has 1 aromatic rings. The summed E-state index contributed by atoms with van der Waals surface area (Å²) >= 11 is 5.88. The van der Waals surface area contributed by atoms with Crippen molar-refractivity contribution in [1.82, 2.24) is 4.98 Å². The number of carbonyl (C=O) groups excluding carboxylic acids is 1. The van der Waals surface area contributed by atoms with Gasteiger partial charge in [-0.3, -0.25) is 0 Å². The molecular formula is C13H18ClNO3. The van der Waals surface area contributed by atoms with Gasteiger partial charge in [-0.15, -0.1) is 0 Å². The Morgan fingerprint density at radius 2 is 2.11 bits per heavy atom. The van der Waals surface area contributed by atoms with Crippen molar-refractivity contribution in [2.24, 2.45) is 0 Å². The molecule has 0 fully saturated rings. The molecule has 0 aliphatic rings. The largest absolute Gasteiger partial charge is 0.460 e. The highest BCUT2D eigenvalue weighted by Crippen LogP contribution is 2.18. The van der Waals surface area contributed by atoms with E-state index in [1.807, 2.05) is 20.8 Å². The summed E-state index contributed by atoms with van der Waals surface area (Å²) in [4.78, 5) is 15.9. The Kier molecular flexibility index (Phi) is 6.09. The van der Waals surface area contributed by atoms with Gasteiger partial charge in [0.2, 0.25) is 0 Å². The highest BCUT2D eigenvalue weighted by Gasteiger charge is 2.12. The highest BCUT2D eigenvalue weighted by atomic mass is 35.5. The van der Waals surface area contributed by atoms with E-state index in [0.717, 1.165) is 5.69 Å². The summed E-state index contributed by atoms with van der Waals surface area (Å²) in [6, 6.07) is 3.22. The first kappa shape index (κ1) is 14.9. The van der Waals surface area contributed by atoms with Gasteiger partial charge in [-0.25, -0.2) is 9.78 Å². The van der Waals surface area contributed by atoms with Crippen molar-refractivity contribution in [2.75, 3.05) is 19.8 Å². The SMILES string of the molecule is CCOCCOC(=O)c1cc(Cl)nc(C(C)C)c1. The zero-order valence-corrected chi connectivity index (χ0v) is 11.7. The van der Waals surface area contributed by atoms with Crippen LogP contribution >= 0.6 is 11.6 Å². The number of hydrogen-bond acceptors (Lipinski definition) is 4. The van der Waals surface area contributed by atoms with E-state index in [1.54, 1.807) is 6.07 Å². The highest BCUT2D eigenvalue weighted by molar-refractivity contribution is 6.29. The summed E-state index contributed by atoms with van der Waals surface area (Å²) in [6.45, 7) is 7.11. The minimum absolute atomic E-state index is 0.207. The van der Waals surface area contributed by atoms with E-state index in [9.17, 15) is 4.79 Å². The van der Waals surface area contributed by atoms with Crippen molar-refractivity contribution in [2.45, 2.75) is 26.7 Å². The molecule has 0 radical (unpaired) electrons. The average molecular weight is 272 g/mol. The second kappa shape index (κ2) is 7.34. The van der Waals surface area contributed by atoms with Crippen molar-refractivity contribution in [3.63, 3.8) is 0 Å². The quantitative estimate of drug-likeness (QED) is 0.453. The zero-order valence-electron chi connectivity index (χ0n) is 10.9. The fourth-order valence-electron chi connectivity index (χ4n) is 1.35. The van der Waals surface area contributed by atoms with Gasteiger partial charge in [-0.05, 0) is 25.0 Å². The van der Waals surface area contributed by atoms with Crippen molar-refractivity contribution in [1.29, 1.82) is 0 Å². The van der Waals surface area contributed by atoms with Gasteiger partial charge in [0.25, 0.3) is 0 Å². The second-order valence-electron chi connectivity index (χ2n) is 4.09. The van der Waals surface area contributed by atoms with Crippen LogP contribution in [0, 0.1) is 0 Å². The normalized spacial score (nSPS) is 10.7. The molecule has 1 heterocycles. The number of nitrogens with zero attached hydrogens (tertiary/aromatic N) is 1. The third-order valence-corrected chi connectivity index (χ3v) is 2.50. The van der Waals surface area contributed by atoms with Gasteiger partial charge in [0.15, 0.2) is 0 Å². The van der Waals surface area contributed by atoms with Crippen LogP contribution in [0.2, 0.25) is 5.15 Å². The molecule has 0 bridgehead atoms. The summed E-state index contributed by atoms with van der Waals surface area (Å²) < 4.78 is 10.2. The monoisotopic (exact) mass is 271 g/mol. The molecular weight excluding hydrogens is 254 g/mol. The average Bonchev–Trinajstić information content (AvgIpc) is 2.33. The Balaban J connectivity index is 2.67. The molecule has 0 amide bonds. The molecule has 0 N–H and O–H groups in total. The van der Waals surface area contributed by atoms with Crippen molar-refractivity contribution < 1.29 is 14.3 Å². The topological polar surface area (TPSA) is 48.4 Å². The molecule has 0 aliphatic carbocycles. The third kappa shape index (κ3) is 4.63. The van der Waals surface area contributed by atoms with Gasteiger partial charge in [-0.2, -0.15) is 0 Å². The van der Waals surface area contributed by atoms with Gasteiger partial charge in [-0.1, -0.05) is 25.4 Å². The number of aromatic nitrogens is 1. The number of esters is 1. The molecule has 1 rings (SSSR count). The molecule has 4 nitrogen and oxygen atoms in total. The van der Waals surface area contributed by atoms with Crippen LogP contribution in [0.25, 0.3) is 0 Å². The fourth-order valence-corrected chi connectivity index (χ4v) is 1.57. The maximum atomic E-state index is 11.8. The summed E-state index contributed by atoms with van der Waals surface area (Å²) in [5, 5.41) is 0.304. The summed E-state index contributed by atoms with van der Waals surface area (Å²) in [7, 11) is 0. The van der Waals surface area contributed by atoms with E-state index >= 15 is 0 Å². The van der Waals surface area contributed by atoms with Gasteiger partial charge in [0.1, 0.15) is 11.8 Å². The summed E-state index contributed by atoms with van der Waals surface area (Å²) in [5.41, 5.74) is 1.20. The van der Waals surface area contributed by atoms with Crippen LogP contribution in [0.15, 0.2) is 12.1 Å². The molecule has 5 heteroatoms. The van der Waals surface area contributed by atoms with Crippen molar-refractivity contribution in [3.05, 3.63) is 28.5 Å². The molecule has 0 spiro atoms. The lowest BCUT2D eigenvalue weighted by Crippen LogP contribution is -2.11. The van der Waals surface area contributed by atoms with E-state index < -0.39 is 5.97 Å². The second-order valence-corrected chi connectivity index (χ2v) is 4.48. The lowest BCUT2D eigenvalue weighted by atomic mass is 10.1. The third-order valence-electron chi connectivity index (χ3n) is 2.31. The standard InChI is InChI=1S/C13H18ClNO3/c1-4-17-5-6-18-13(16)10-7-11(9(2)3)15-12(14)8-10/h7-9H,4-6H2,1-3H3. The number of pyridine rings is 1. The molecule has 0 aliphatic heterocycles. The van der Waals surface area contributed by atoms with E-state index in [0.29, 0.717) is 23.9 Å². The molecule has 18 heavy (non-hydrogen) atoms. The van der Waals surface area contributed by atoms with Crippen LogP contribution in [0.5, 0.6) is 0 Å². The Labute approximate surface area is 112 Å². The summed E-state index contributed by atoms with van der Waals surface area (Å²) in [6.07, 6.45) is 0. The zero-order chi connectivity index (χ0) is 13.5. The van der Waals surface area contributed by atoms with Gasteiger partial charge >= 0.3 is 5.97 Å². The number of halogens is 1. The van der Waals surface area contributed by atoms with Crippen LogP contribution in [-0.2, 0) is 9.47 Å². The molecule has 0 atom stereocenters. The number of ether oxygens (including phenoxy) is 2. The maximum absolute atomic E-state index is 11.8. The fraction of sp³-hybridized carbons (Fsp3) is 0.538. The molecule has 1 aromatic heterocycles. The van der Waals surface area contributed by atoms with E-state index in [2.05, 4.69) is 4.98 Å². The molecule has 0 saturated carbocycles. The molecule has 0 aromatic carbocycles. The van der Waals surface area contributed by atoms with Gasteiger partial charge < -0.3 is 9.47 Å². The Morgan fingerprint density at radius 3 is 2.72 bits per heavy atom. The number of hydrogen-bond donors (Lipinski definition) is 0. The van der Waals surface area contributed by atoms with Crippen LogP contribution < -0.4 is 0 Å². The van der Waals surface area contributed by atoms with Gasteiger partial charge in [0.05, 0.1) is 12.2 Å². The number of rotatable bonds is 6. The lowest BCUT2D eigenvalue weighted by Gasteiger charge is -2.08. The predicted octanol–water partition coefficient (Wildman–Crippen LogP) is 3.05. The smallest absolute Gasteiger partial charge is 0.338 e. The molecule has 100 valence electrons. The lowest BCUT2D eigenvalue weighted by molar-refractivity contribution is 0.0335. The van der Waals surface area contributed by atoms with Crippen LogP contribution in [0.3, 0.4) is 0 Å². The van der Waals surface area contributed by atoms with E-state index in [4.69, 9.17) is 21.1 Å². The van der Waals surface area contributed by atoms with Crippen molar-refractivity contribution >= 4 is 17.6 Å². The van der Waals surface area contributed by atoms with E-state index in [1.165, 1.54) is 6.07 Å². The Hall–Kier alpha value is -1.13. The Bertz CT molecular complexity index is 407. The first-order chi connectivity index (χ1) is 8.54. The van der Waals surface area contributed by atoms with E-state index in [-0.39, 0.29) is 12.5 Å². The van der Waals surface area contributed by atoms with Crippen molar-refractivity contribution in [3.8, 4) is 0 Å². The van der Waals surface area contributed by atoms with Gasteiger partial charge in [0, 0.05) is 12.3 Å². The Morgan fingerprint density at radius 1 is 1.39 bits per heavy atom. The minimum Gasteiger partial charge on any atom is -0.460 e. The first-order valence-electron chi connectivity index (χ1n) is 5.97. The molecule has 0 unspecified atom stereocenters. The maximum Gasteiger partial charge on any atom is 0.338 e. The predicted molar refractivity (Wildman–Crippen MR) is 70.1 cm³/mol. The number of carbonyl (C=O) groups is 1. The first-order valence-corrected chi connectivity index (χ1v) is 6.34. The van der Waals surface area contributed by atoms with Crippen LogP contribution in [-0.4, -0.2) is 30.8 Å². The molecule has 0 saturated heterocycles. The van der Waals surface area contributed by atoms with Crippen LogP contribution in [0.1, 0.15) is 42.7 Å². The minimum atomic E-state index is -0.402. The van der Waals surface area contributed by atoms with Crippen LogP contribution in [0.4, 0.5) is 0 Å². The summed E-state index contributed by atoms with van der Waals surface area (Å²) in [5.74, 6) is -0.195.